The lowest BCUT2D eigenvalue weighted by molar-refractivity contribution is -0.0498. The molecule has 6 heteroatoms. The molecule has 0 aliphatic rings. The number of nitrogens with one attached hydrogen (secondary N) is 2. The minimum Gasteiger partial charge on any atom is -0.435 e. The number of alkyl halides is 2. The van der Waals surface area contributed by atoms with Gasteiger partial charge in [0, 0.05) is 13.1 Å². The van der Waals surface area contributed by atoms with Gasteiger partial charge < -0.3 is 15.4 Å². The molecule has 2 amide bonds. The Balaban J connectivity index is 2.31. The maximum absolute atomic E-state index is 11.9. The lowest BCUT2D eigenvalue weighted by Crippen LogP contribution is -2.35. The number of urea groups is 1. The number of carbonyl (C=O) groups excluding carboxylic acids is 1. The Hall–Kier alpha value is -1.85. The van der Waals surface area contributed by atoms with Crippen LogP contribution in [0.25, 0.3) is 0 Å². The summed E-state index contributed by atoms with van der Waals surface area (Å²) >= 11 is 0. The molecule has 1 rings (SSSR count). The zero-order valence-electron chi connectivity index (χ0n) is 10.8. The Labute approximate surface area is 111 Å². The summed E-state index contributed by atoms with van der Waals surface area (Å²) in [5.41, 5.74) is 0.812. The normalized spacial score (nSPS) is 10.3. The SMILES string of the molecule is CCCCNC(=O)NCc1ccc(OC(F)F)cc1. The molecule has 0 spiro atoms. The first-order valence-electron chi connectivity index (χ1n) is 6.17. The smallest absolute Gasteiger partial charge is 0.387 e. The van der Waals surface area contributed by atoms with Crippen LogP contribution in [-0.2, 0) is 6.54 Å². The van der Waals surface area contributed by atoms with Gasteiger partial charge in [-0.25, -0.2) is 4.79 Å². The Morgan fingerprint density at radius 2 is 1.95 bits per heavy atom. The second kappa shape index (κ2) is 8.29. The summed E-state index contributed by atoms with van der Waals surface area (Å²) in [6, 6.07) is 5.91. The number of hydrogen-bond donors (Lipinski definition) is 2. The van der Waals surface area contributed by atoms with Crippen molar-refractivity contribution in [1.29, 1.82) is 0 Å². The van der Waals surface area contributed by atoms with E-state index in [0.29, 0.717) is 13.1 Å². The summed E-state index contributed by atoms with van der Waals surface area (Å²) in [6.45, 7) is 0.201. The highest BCUT2D eigenvalue weighted by Crippen LogP contribution is 2.14. The molecule has 0 heterocycles. The van der Waals surface area contributed by atoms with Crippen molar-refractivity contribution < 1.29 is 18.3 Å². The number of carbonyl (C=O) groups is 1. The first-order valence-corrected chi connectivity index (χ1v) is 6.17. The van der Waals surface area contributed by atoms with Crippen molar-refractivity contribution in [3.63, 3.8) is 0 Å². The predicted molar refractivity (Wildman–Crippen MR) is 68.2 cm³/mol. The number of unbranched alkanes of at least 4 members (excludes halogenated alkanes) is 1. The van der Waals surface area contributed by atoms with Gasteiger partial charge in [0.25, 0.3) is 0 Å². The molecule has 2 N–H and O–H groups in total. The number of halogens is 2. The van der Waals surface area contributed by atoms with Crippen LogP contribution in [0.15, 0.2) is 24.3 Å². The minimum atomic E-state index is -2.83. The summed E-state index contributed by atoms with van der Waals surface area (Å²) in [6.07, 6.45) is 1.96. The second-order valence-corrected chi connectivity index (χ2v) is 3.99. The fraction of sp³-hybridized carbons (Fsp3) is 0.462. The van der Waals surface area contributed by atoms with E-state index in [9.17, 15) is 13.6 Å². The van der Waals surface area contributed by atoms with Crippen LogP contribution in [0.2, 0.25) is 0 Å². The largest absolute Gasteiger partial charge is 0.435 e. The van der Waals surface area contributed by atoms with Crippen molar-refractivity contribution in [2.24, 2.45) is 0 Å². The van der Waals surface area contributed by atoms with E-state index in [1.54, 1.807) is 12.1 Å². The van der Waals surface area contributed by atoms with Gasteiger partial charge in [-0.3, -0.25) is 0 Å². The molecule has 1 aromatic carbocycles. The van der Waals surface area contributed by atoms with E-state index in [1.165, 1.54) is 12.1 Å². The number of ether oxygens (including phenoxy) is 1. The van der Waals surface area contributed by atoms with Gasteiger partial charge >= 0.3 is 12.6 Å². The molecule has 0 atom stereocenters. The molecule has 0 aromatic heterocycles. The molecule has 4 nitrogen and oxygen atoms in total. The topological polar surface area (TPSA) is 50.4 Å². The Morgan fingerprint density at radius 1 is 1.26 bits per heavy atom. The summed E-state index contributed by atoms with van der Waals surface area (Å²) < 4.78 is 28.1. The van der Waals surface area contributed by atoms with Gasteiger partial charge in [-0.15, -0.1) is 0 Å². The minimum absolute atomic E-state index is 0.103. The highest BCUT2D eigenvalue weighted by molar-refractivity contribution is 5.73. The van der Waals surface area contributed by atoms with Crippen molar-refractivity contribution >= 4 is 6.03 Å². The van der Waals surface area contributed by atoms with E-state index in [-0.39, 0.29) is 11.8 Å². The van der Waals surface area contributed by atoms with Gasteiger partial charge in [-0.1, -0.05) is 25.5 Å². The van der Waals surface area contributed by atoms with Crippen molar-refractivity contribution in [2.45, 2.75) is 32.9 Å². The molecule has 0 aliphatic heterocycles. The summed E-state index contributed by atoms with van der Waals surface area (Å²) in [5.74, 6) is 0.103. The Morgan fingerprint density at radius 3 is 2.53 bits per heavy atom. The van der Waals surface area contributed by atoms with Crippen molar-refractivity contribution in [3.8, 4) is 5.75 Å². The lowest BCUT2D eigenvalue weighted by atomic mass is 10.2. The third-order valence-electron chi connectivity index (χ3n) is 2.42. The number of benzene rings is 1. The van der Waals surface area contributed by atoms with E-state index >= 15 is 0 Å². The molecule has 106 valence electrons. The molecule has 0 fully saturated rings. The van der Waals surface area contributed by atoms with Gasteiger partial charge in [0.05, 0.1) is 0 Å². The first kappa shape index (κ1) is 15.2. The zero-order valence-corrected chi connectivity index (χ0v) is 10.8. The maximum atomic E-state index is 11.9. The fourth-order valence-corrected chi connectivity index (χ4v) is 1.41. The Bertz CT molecular complexity index is 383. The fourth-order valence-electron chi connectivity index (χ4n) is 1.41. The highest BCUT2D eigenvalue weighted by atomic mass is 19.3. The van der Waals surface area contributed by atoms with Crippen molar-refractivity contribution in [3.05, 3.63) is 29.8 Å². The average molecular weight is 272 g/mol. The number of amides is 2. The molecule has 0 saturated heterocycles. The summed E-state index contributed by atoms with van der Waals surface area (Å²) in [4.78, 5) is 11.4. The van der Waals surface area contributed by atoms with Gasteiger partial charge in [0.2, 0.25) is 0 Å². The molecule has 0 aliphatic carbocycles. The van der Waals surface area contributed by atoms with E-state index in [0.717, 1.165) is 18.4 Å². The average Bonchev–Trinajstić information content (AvgIpc) is 2.37. The van der Waals surface area contributed by atoms with Gasteiger partial charge in [0.15, 0.2) is 0 Å². The Kier molecular flexibility index (Phi) is 6.63. The predicted octanol–water partition coefficient (Wildman–Crippen LogP) is 2.89. The van der Waals surface area contributed by atoms with E-state index < -0.39 is 6.61 Å². The van der Waals surface area contributed by atoms with Crippen LogP contribution < -0.4 is 15.4 Å². The molecule has 0 radical (unpaired) electrons. The lowest BCUT2D eigenvalue weighted by Gasteiger charge is -2.08. The van der Waals surface area contributed by atoms with Gasteiger partial charge in [-0.2, -0.15) is 8.78 Å². The van der Waals surface area contributed by atoms with Gasteiger partial charge in [-0.05, 0) is 24.1 Å². The molecule has 0 saturated carbocycles. The van der Waals surface area contributed by atoms with Crippen LogP contribution in [0.1, 0.15) is 25.3 Å². The van der Waals surface area contributed by atoms with Crippen LogP contribution in [0, 0.1) is 0 Å². The quantitative estimate of drug-likeness (QED) is 0.750. The summed E-state index contributed by atoms with van der Waals surface area (Å²) in [5, 5.41) is 5.40. The van der Waals surface area contributed by atoms with Crippen molar-refractivity contribution in [1.82, 2.24) is 10.6 Å². The number of rotatable bonds is 7. The first-order chi connectivity index (χ1) is 9.11. The van der Waals surface area contributed by atoms with E-state index in [2.05, 4.69) is 15.4 Å². The van der Waals surface area contributed by atoms with E-state index in [1.807, 2.05) is 6.92 Å². The third-order valence-corrected chi connectivity index (χ3v) is 2.42. The molecule has 19 heavy (non-hydrogen) atoms. The van der Waals surface area contributed by atoms with Crippen LogP contribution in [0.5, 0.6) is 5.75 Å². The standard InChI is InChI=1S/C13H18F2N2O2/c1-2-3-8-16-13(18)17-9-10-4-6-11(7-5-10)19-12(14)15/h4-7,12H,2-3,8-9H2,1H3,(H2,16,17,18). The molecular formula is C13H18F2N2O2. The molecule has 0 unspecified atom stereocenters. The van der Waals surface area contributed by atoms with Gasteiger partial charge in [0.1, 0.15) is 5.75 Å². The molecular weight excluding hydrogens is 254 g/mol. The number of hydrogen-bond acceptors (Lipinski definition) is 2. The third kappa shape index (κ3) is 6.59. The second-order valence-electron chi connectivity index (χ2n) is 3.99. The monoisotopic (exact) mass is 272 g/mol. The van der Waals surface area contributed by atoms with Crippen LogP contribution in [0.3, 0.4) is 0 Å². The summed E-state index contributed by atoms with van der Waals surface area (Å²) in [7, 11) is 0. The maximum Gasteiger partial charge on any atom is 0.387 e. The van der Waals surface area contributed by atoms with Crippen LogP contribution in [-0.4, -0.2) is 19.2 Å². The molecule has 1 aromatic rings. The van der Waals surface area contributed by atoms with Crippen molar-refractivity contribution in [2.75, 3.05) is 6.54 Å². The van der Waals surface area contributed by atoms with Crippen LogP contribution in [0.4, 0.5) is 13.6 Å². The highest BCUT2D eigenvalue weighted by Gasteiger charge is 2.04. The molecule has 0 bridgehead atoms. The zero-order chi connectivity index (χ0) is 14.1. The van der Waals surface area contributed by atoms with E-state index in [4.69, 9.17) is 0 Å². The van der Waals surface area contributed by atoms with Crippen LogP contribution >= 0.6 is 0 Å².